The van der Waals surface area contributed by atoms with Gasteiger partial charge in [0.15, 0.2) is 5.78 Å². The molecule has 1 atom stereocenters. The van der Waals surface area contributed by atoms with Crippen molar-refractivity contribution in [3.8, 4) is 0 Å². The van der Waals surface area contributed by atoms with Crippen LogP contribution in [0.4, 0.5) is 0 Å². The maximum atomic E-state index is 11.7. The van der Waals surface area contributed by atoms with Crippen molar-refractivity contribution in [1.29, 1.82) is 0 Å². The van der Waals surface area contributed by atoms with Gasteiger partial charge in [-0.2, -0.15) is 0 Å². The fourth-order valence-electron chi connectivity index (χ4n) is 1.95. The number of ketones is 1. The Morgan fingerprint density at radius 2 is 2.00 bits per heavy atom. The van der Waals surface area contributed by atoms with Gasteiger partial charge in [0.1, 0.15) is 6.10 Å². The summed E-state index contributed by atoms with van der Waals surface area (Å²) in [5, 5.41) is 0. The summed E-state index contributed by atoms with van der Waals surface area (Å²) in [7, 11) is 0. The minimum atomic E-state index is -0.424. The maximum absolute atomic E-state index is 11.7. The molecule has 0 aliphatic carbocycles. The monoisotopic (exact) mass is 220 g/mol. The van der Waals surface area contributed by atoms with Crippen LogP contribution in [-0.2, 0) is 9.53 Å². The Hall–Kier alpha value is -1.15. The highest BCUT2D eigenvalue weighted by atomic mass is 16.5. The van der Waals surface area contributed by atoms with Gasteiger partial charge in [0.25, 0.3) is 0 Å². The summed E-state index contributed by atoms with van der Waals surface area (Å²) >= 11 is 0. The predicted octanol–water partition coefficient (Wildman–Crippen LogP) is 3.06. The van der Waals surface area contributed by atoms with Crippen LogP contribution in [0.3, 0.4) is 0 Å². The van der Waals surface area contributed by atoms with E-state index in [1.807, 2.05) is 32.1 Å². The highest BCUT2D eigenvalue weighted by molar-refractivity contribution is 5.94. The van der Waals surface area contributed by atoms with E-state index in [9.17, 15) is 4.79 Å². The third-order valence-corrected chi connectivity index (χ3v) is 2.78. The lowest BCUT2D eigenvalue weighted by molar-refractivity contribution is -0.143. The van der Waals surface area contributed by atoms with Crippen LogP contribution in [-0.4, -0.2) is 17.5 Å². The van der Waals surface area contributed by atoms with Gasteiger partial charge in [-0.05, 0) is 30.9 Å². The molecule has 1 rings (SSSR count). The van der Waals surface area contributed by atoms with Crippen molar-refractivity contribution >= 4 is 5.78 Å². The van der Waals surface area contributed by atoms with Crippen molar-refractivity contribution in [2.45, 2.75) is 38.4 Å². The molecule has 0 bridgehead atoms. The number of carbonyl (C=O) groups excluding carboxylic acids is 1. The Labute approximate surface area is 97.7 Å². The summed E-state index contributed by atoms with van der Waals surface area (Å²) in [6, 6.07) is 0. The van der Waals surface area contributed by atoms with E-state index in [0.717, 1.165) is 0 Å². The smallest absolute Gasteiger partial charge is 0.184 e. The standard InChI is InChI=1S/C14H20O2/c1-5-8-14(9-6-2)10-7-12(15)13(16-14)11(3)4/h5-7,10-11,13H,1-2,8-9H2,3-4H3/t13-/m1/s1. The average Bonchev–Trinajstić information content (AvgIpc) is 2.22. The van der Waals surface area contributed by atoms with Gasteiger partial charge in [-0.3, -0.25) is 4.79 Å². The van der Waals surface area contributed by atoms with Gasteiger partial charge in [0.05, 0.1) is 5.60 Å². The molecule has 0 fully saturated rings. The van der Waals surface area contributed by atoms with Crippen molar-refractivity contribution < 1.29 is 9.53 Å². The second-order valence-corrected chi connectivity index (χ2v) is 4.57. The molecule has 1 heterocycles. The van der Waals surface area contributed by atoms with Crippen molar-refractivity contribution in [1.82, 2.24) is 0 Å². The zero-order chi connectivity index (χ0) is 12.2. The molecule has 0 aromatic heterocycles. The van der Waals surface area contributed by atoms with E-state index < -0.39 is 5.60 Å². The molecular formula is C14H20O2. The molecule has 0 radical (unpaired) electrons. The second-order valence-electron chi connectivity index (χ2n) is 4.57. The van der Waals surface area contributed by atoms with Gasteiger partial charge < -0.3 is 4.74 Å². The second kappa shape index (κ2) is 5.26. The van der Waals surface area contributed by atoms with Crippen LogP contribution in [0, 0.1) is 5.92 Å². The summed E-state index contributed by atoms with van der Waals surface area (Å²) in [5.41, 5.74) is -0.424. The highest BCUT2D eigenvalue weighted by Crippen LogP contribution is 2.31. The van der Waals surface area contributed by atoms with E-state index in [4.69, 9.17) is 4.74 Å². The van der Waals surface area contributed by atoms with Gasteiger partial charge in [0, 0.05) is 0 Å². The van der Waals surface area contributed by atoms with Crippen LogP contribution < -0.4 is 0 Å². The average molecular weight is 220 g/mol. The molecule has 1 aliphatic heterocycles. The molecule has 16 heavy (non-hydrogen) atoms. The lowest BCUT2D eigenvalue weighted by atomic mass is 9.88. The normalized spacial score (nSPS) is 23.4. The summed E-state index contributed by atoms with van der Waals surface area (Å²) in [6.07, 6.45) is 8.18. The summed E-state index contributed by atoms with van der Waals surface area (Å²) < 4.78 is 5.95. The van der Waals surface area contributed by atoms with Crippen molar-refractivity contribution in [2.75, 3.05) is 0 Å². The minimum Gasteiger partial charge on any atom is -0.359 e. The summed E-state index contributed by atoms with van der Waals surface area (Å²) in [5.74, 6) is 0.241. The quantitative estimate of drug-likeness (QED) is 0.666. The fraction of sp³-hybridized carbons (Fsp3) is 0.500. The van der Waals surface area contributed by atoms with Gasteiger partial charge in [-0.25, -0.2) is 0 Å². The molecule has 0 N–H and O–H groups in total. The Kier molecular flexibility index (Phi) is 4.25. The first-order valence-electron chi connectivity index (χ1n) is 5.67. The number of carbonyl (C=O) groups is 1. The molecule has 0 unspecified atom stereocenters. The first kappa shape index (κ1) is 12.9. The molecule has 0 spiro atoms. The van der Waals surface area contributed by atoms with Crippen LogP contribution in [0.1, 0.15) is 26.7 Å². The molecular weight excluding hydrogens is 200 g/mol. The van der Waals surface area contributed by atoms with Crippen LogP contribution >= 0.6 is 0 Å². The zero-order valence-corrected chi connectivity index (χ0v) is 10.1. The molecule has 2 nitrogen and oxygen atoms in total. The van der Waals surface area contributed by atoms with E-state index in [0.29, 0.717) is 12.8 Å². The number of hydrogen-bond donors (Lipinski definition) is 0. The Bertz CT molecular complexity index is 303. The molecule has 0 aromatic carbocycles. The van der Waals surface area contributed by atoms with Crippen LogP contribution in [0.5, 0.6) is 0 Å². The fourth-order valence-corrected chi connectivity index (χ4v) is 1.95. The van der Waals surface area contributed by atoms with E-state index in [-0.39, 0.29) is 17.8 Å². The number of hydrogen-bond acceptors (Lipinski definition) is 2. The van der Waals surface area contributed by atoms with E-state index in [1.165, 1.54) is 0 Å². The Morgan fingerprint density at radius 3 is 2.44 bits per heavy atom. The van der Waals surface area contributed by atoms with Crippen LogP contribution in [0.15, 0.2) is 37.5 Å². The van der Waals surface area contributed by atoms with Crippen molar-refractivity contribution in [3.63, 3.8) is 0 Å². The van der Waals surface area contributed by atoms with Gasteiger partial charge in [-0.15, -0.1) is 13.2 Å². The highest BCUT2D eigenvalue weighted by Gasteiger charge is 2.36. The number of ether oxygens (including phenoxy) is 1. The Morgan fingerprint density at radius 1 is 1.44 bits per heavy atom. The van der Waals surface area contributed by atoms with Crippen LogP contribution in [0.25, 0.3) is 0 Å². The van der Waals surface area contributed by atoms with Gasteiger partial charge in [-0.1, -0.05) is 26.0 Å². The zero-order valence-electron chi connectivity index (χ0n) is 10.1. The molecule has 0 amide bonds. The first-order valence-corrected chi connectivity index (χ1v) is 5.67. The van der Waals surface area contributed by atoms with Crippen LogP contribution in [0.2, 0.25) is 0 Å². The number of rotatable bonds is 5. The van der Waals surface area contributed by atoms with Gasteiger partial charge >= 0.3 is 0 Å². The summed E-state index contributed by atoms with van der Waals surface area (Å²) in [4.78, 5) is 11.7. The molecule has 88 valence electrons. The lowest BCUT2D eigenvalue weighted by Crippen LogP contribution is -2.43. The third kappa shape index (κ3) is 2.70. The van der Waals surface area contributed by atoms with Gasteiger partial charge in [0.2, 0.25) is 0 Å². The molecule has 0 saturated heterocycles. The van der Waals surface area contributed by atoms with E-state index >= 15 is 0 Å². The van der Waals surface area contributed by atoms with Crippen molar-refractivity contribution in [3.05, 3.63) is 37.5 Å². The summed E-state index contributed by atoms with van der Waals surface area (Å²) in [6.45, 7) is 11.5. The predicted molar refractivity (Wildman–Crippen MR) is 66.2 cm³/mol. The largest absolute Gasteiger partial charge is 0.359 e. The molecule has 0 aromatic rings. The molecule has 0 saturated carbocycles. The third-order valence-electron chi connectivity index (χ3n) is 2.78. The van der Waals surface area contributed by atoms with Crippen molar-refractivity contribution in [2.24, 2.45) is 5.92 Å². The lowest BCUT2D eigenvalue weighted by Gasteiger charge is -2.37. The SMILES string of the molecule is C=CCC1(CC=C)C=CC(=O)[C@@H](C(C)C)O1. The maximum Gasteiger partial charge on any atom is 0.184 e. The molecule has 2 heteroatoms. The molecule has 1 aliphatic rings. The first-order chi connectivity index (χ1) is 7.54. The van der Waals surface area contributed by atoms with E-state index in [2.05, 4.69) is 13.2 Å². The van der Waals surface area contributed by atoms with E-state index in [1.54, 1.807) is 6.08 Å². The topological polar surface area (TPSA) is 26.3 Å². The minimum absolute atomic E-state index is 0.0544. The Balaban J connectivity index is 2.95.